The second-order valence-corrected chi connectivity index (χ2v) is 6.05. The van der Waals surface area contributed by atoms with Crippen LogP contribution in [0.2, 0.25) is 0 Å². The summed E-state index contributed by atoms with van der Waals surface area (Å²) in [5.41, 5.74) is 0.407. The molecular weight excluding hydrogens is 334 g/mol. The summed E-state index contributed by atoms with van der Waals surface area (Å²) in [6, 6.07) is 14.2. The fourth-order valence-electron chi connectivity index (χ4n) is 2.98. The lowest BCUT2D eigenvalue weighted by Gasteiger charge is -2.19. The van der Waals surface area contributed by atoms with Gasteiger partial charge >= 0.3 is 5.97 Å². The van der Waals surface area contributed by atoms with Crippen molar-refractivity contribution in [1.82, 2.24) is 4.90 Å². The number of carboxylic acid groups (broad SMARTS) is 1. The minimum absolute atomic E-state index is 0.220. The van der Waals surface area contributed by atoms with Crippen LogP contribution in [0.4, 0.5) is 0 Å². The highest BCUT2D eigenvalue weighted by Crippen LogP contribution is 2.33. The first-order valence-electron chi connectivity index (χ1n) is 8.61. The zero-order valence-corrected chi connectivity index (χ0v) is 14.6. The molecule has 1 fully saturated rings. The Morgan fingerprint density at radius 1 is 1.08 bits per heavy atom. The molecule has 6 nitrogen and oxygen atoms in total. The summed E-state index contributed by atoms with van der Waals surface area (Å²) in [6.07, 6.45) is 0.470. The Kier molecular flexibility index (Phi) is 5.41. The Bertz CT molecular complexity index is 804. The van der Waals surface area contributed by atoms with Crippen molar-refractivity contribution >= 4 is 11.9 Å². The Hall–Kier alpha value is -3.02. The lowest BCUT2D eigenvalue weighted by molar-refractivity contribution is -0.141. The van der Waals surface area contributed by atoms with E-state index in [4.69, 9.17) is 14.6 Å². The maximum absolute atomic E-state index is 12.9. The summed E-state index contributed by atoms with van der Waals surface area (Å²) in [4.78, 5) is 25.6. The van der Waals surface area contributed by atoms with E-state index in [1.165, 1.54) is 0 Å². The number of rotatable bonds is 6. The molecule has 1 N–H and O–H groups in total. The highest BCUT2D eigenvalue weighted by atomic mass is 16.5. The van der Waals surface area contributed by atoms with Gasteiger partial charge in [-0.05, 0) is 37.6 Å². The fraction of sp³-hybridized carbons (Fsp3) is 0.300. The molecule has 0 spiro atoms. The third-order valence-corrected chi connectivity index (χ3v) is 4.31. The molecule has 0 unspecified atom stereocenters. The normalized spacial score (nSPS) is 16.3. The topological polar surface area (TPSA) is 76.1 Å². The quantitative estimate of drug-likeness (QED) is 0.859. The van der Waals surface area contributed by atoms with Gasteiger partial charge in [0.2, 0.25) is 0 Å². The molecule has 136 valence electrons. The minimum Gasteiger partial charge on any atom is -0.490 e. The van der Waals surface area contributed by atoms with E-state index in [-0.39, 0.29) is 12.5 Å². The van der Waals surface area contributed by atoms with Gasteiger partial charge in [-0.3, -0.25) is 9.59 Å². The largest absolute Gasteiger partial charge is 0.490 e. The van der Waals surface area contributed by atoms with Crippen molar-refractivity contribution in [3.05, 3.63) is 54.1 Å². The molecule has 1 atom stereocenters. The number of ether oxygens (including phenoxy) is 2. The van der Waals surface area contributed by atoms with Gasteiger partial charge in [0.25, 0.3) is 5.91 Å². The number of amides is 1. The molecule has 1 amide bonds. The van der Waals surface area contributed by atoms with Gasteiger partial charge in [0.05, 0.1) is 18.1 Å². The van der Waals surface area contributed by atoms with Gasteiger partial charge in [-0.1, -0.05) is 24.3 Å². The first-order valence-corrected chi connectivity index (χ1v) is 8.61. The first-order chi connectivity index (χ1) is 12.6. The zero-order valence-electron chi connectivity index (χ0n) is 14.6. The predicted octanol–water partition coefficient (Wildman–Crippen LogP) is 3.42. The number of hydrogen-bond donors (Lipinski definition) is 1. The van der Waals surface area contributed by atoms with Crippen LogP contribution >= 0.6 is 0 Å². The van der Waals surface area contributed by atoms with Crippen molar-refractivity contribution in [1.29, 1.82) is 0 Å². The molecule has 0 aliphatic carbocycles. The monoisotopic (exact) mass is 355 g/mol. The zero-order chi connectivity index (χ0) is 18.5. The molecular formula is C20H21NO5. The molecule has 0 bridgehead atoms. The number of aliphatic carboxylic acids is 1. The van der Waals surface area contributed by atoms with Gasteiger partial charge in [0.1, 0.15) is 5.75 Å². The van der Waals surface area contributed by atoms with E-state index in [0.29, 0.717) is 42.4 Å². The van der Waals surface area contributed by atoms with Crippen molar-refractivity contribution in [3.8, 4) is 17.2 Å². The number of para-hydroxylation sites is 3. The smallest absolute Gasteiger partial charge is 0.308 e. The molecule has 1 saturated heterocycles. The van der Waals surface area contributed by atoms with Gasteiger partial charge < -0.3 is 19.5 Å². The minimum atomic E-state index is -0.865. The third-order valence-electron chi connectivity index (χ3n) is 4.31. The number of hydrogen-bond acceptors (Lipinski definition) is 4. The van der Waals surface area contributed by atoms with Gasteiger partial charge in [-0.2, -0.15) is 0 Å². The van der Waals surface area contributed by atoms with E-state index in [1.54, 1.807) is 41.3 Å². The fourth-order valence-corrected chi connectivity index (χ4v) is 2.98. The van der Waals surface area contributed by atoms with Crippen molar-refractivity contribution in [2.45, 2.75) is 13.3 Å². The van der Waals surface area contributed by atoms with Crippen LogP contribution in [0.3, 0.4) is 0 Å². The molecule has 26 heavy (non-hydrogen) atoms. The highest BCUT2D eigenvalue weighted by molar-refractivity contribution is 5.97. The Morgan fingerprint density at radius 3 is 2.38 bits per heavy atom. The second-order valence-electron chi connectivity index (χ2n) is 6.05. The van der Waals surface area contributed by atoms with E-state index >= 15 is 0 Å². The maximum Gasteiger partial charge on any atom is 0.308 e. The maximum atomic E-state index is 12.9. The number of likely N-dealkylation sites (tertiary alicyclic amines) is 1. The number of carbonyl (C=O) groups excluding carboxylic acids is 1. The lowest BCUT2D eigenvalue weighted by Crippen LogP contribution is -2.30. The molecule has 0 radical (unpaired) electrons. The van der Waals surface area contributed by atoms with Crippen LogP contribution in [0.5, 0.6) is 17.2 Å². The Morgan fingerprint density at radius 2 is 1.73 bits per heavy atom. The second kappa shape index (κ2) is 7.91. The summed E-state index contributed by atoms with van der Waals surface area (Å²) >= 11 is 0. The Labute approximate surface area is 152 Å². The van der Waals surface area contributed by atoms with E-state index in [1.807, 2.05) is 19.1 Å². The highest BCUT2D eigenvalue weighted by Gasteiger charge is 2.32. The van der Waals surface area contributed by atoms with E-state index in [2.05, 4.69) is 0 Å². The third kappa shape index (κ3) is 3.79. The van der Waals surface area contributed by atoms with Crippen LogP contribution < -0.4 is 9.47 Å². The van der Waals surface area contributed by atoms with E-state index in [9.17, 15) is 9.59 Å². The van der Waals surface area contributed by atoms with Gasteiger partial charge in [0.15, 0.2) is 11.5 Å². The number of benzene rings is 2. The molecule has 3 rings (SSSR count). The predicted molar refractivity (Wildman–Crippen MR) is 95.8 cm³/mol. The van der Waals surface area contributed by atoms with Crippen LogP contribution in [0.25, 0.3) is 0 Å². The van der Waals surface area contributed by atoms with E-state index in [0.717, 1.165) is 0 Å². The van der Waals surface area contributed by atoms with Crippen LogP contribution in [0.1, 0.15) is 23.7 Å². The van der Waals surface area contributed by atoms with Crippen molar-refractivity contribution < 1.29 is 24.2 Å². The van der Waals surface area contributed by atoms with Crippen LogP contribution in [-0.2, 0) is 4.79 Å². The summed E-state index contributed by atoms with van der Waals surface area (Å²) < 4.78 is 11.5. The molecule has 2 aromatic rings. The van der Waals surface area contributed by atoms with Crippen molar-refractivity contribution in [2.75, 3.05) is 19.7 Å². The van der Waals surface area contributed by atoms with Crippen molar-refractivity contribution in [2.24, 2.45) is 5.92 Å². The number of carboxylic acids is 1. The van der Waals surface area contributed by atoms with Crippen LogP contribution in [0, 0.1) is 5.92 Å². The first kappa shape index (κ1) is 17.8. The molecule has 1 aliphatic heterocycles. The van der Waals surface area contributed by atoms with E-state index < -0.39 is 11.9 Å². The van der Waals surface area contributed by atoms with Gasteiger partial charge in [-0.25, -0.2) is 0 Å². The summed E-state index contributed by atoms with van der Waals surface area (Å²) in [6.45, 7) is 3.05. The van der Waals surface area contributed by atoms with Gasteiger partial charge in [-0.15, -0.1) is 0 Å². The summed E-state index contributed by atoms with van der Waals surface area (Å²) in [7, 11) is 0. The molecule has 1 aliphatic rings. The standard InChI is InChI=1S/C20H21NO5/c1-2-25-17-9-5-6-10-18(17)26-16-8-4-3-7-15(16)19(22)21-12-11-14(13-21)20(23)24/h3-10,14H,2,11-13H2,1H3,(H,23,24)/t14-/m1/s1. The molecule has 1 heterocycles. The number of carbonyl (C=O) groups is 2. The lowest BCUT2D eigenvalue weighted by atomic mass is 10.1. The van der Waals surface area contributed by atoms with Crippen LogP contribution in [-0.4, -0.2) is 41.6 Å². The average Bonchev–Trinajstić information content (AvgIpc) is 3.14. The molecule has 6 heteroatoms. The van der Waals surface area contributed by atoms with Crippen molar-refractivity contribution in [3.63, 3.8) is 0 Å². The molecule has 2 aromatic carbocycles. The summed E-state index contributed by atoms with van der Waals surface area (Å²) in [5, 5.41) is 9.14. The van der Waals surface area contributed by atoms with Crippen LogP contribution in [0.15, 0.2) is 48.5 Å². The number of nitrogens with zero attached hydrogens (tertiary/aromatic N) is 1. The average molecular weight is 355 g/mol. The Balaban J connectivity index is 1.83. The van der Waals surface area contributed by atoms with Gasteiger partial charge in [0, 0.05) is 13.1 Å². The summed E-state index contributed by atoms with van der Waals surface area (Å²) in [5.74, 6) is -0.0494. The molecule has 0 aromatic heterocycles. The molecule has 0 saturated carbocycles. The SMILES string of the molecule is CCOc1ccccc1Oc1ccccc1C(=O)N1CC[C@@H](C(=O)O)C1.